The van der Waals surface area contributed by atoms with E-state index in [1.165, 1.54) is 0 Å². The predicted molar refractivity (Wildman–Crippen MR) is 83.0 cm³/mol. The van der Waals surface area contributed by atoms with Gasteiger partial charge in [0.05, 0.1) is 0 Å². The molecule has 0 radical (unpaired) electrons. The second-order valence-electron chi connectivity index (χ2n) is 6.33. The van der Waals surface area contributed by atoms with Gasteiger partial charge in [-0.05, 0) is 0 Å². The Morgan fingerprint density at radius 1 is 0.579 bits per heavy atom. The number of hydrogen-bond donors (Lipinski definition) is 3. The zero-order chi connectivity index (χ0) is 15.5. The number of nitrogens with zero attached hydrogens (tertiary/aromatic N) is 2. The summed E-state index contributed by atoms with van der Waals surface area (Å²) in [7, 11) is -4.31. The molecule has 0 heterocycles. The first-order chi connectivity index (χ1) is 8.41. The Balaban J connectivity index is 5.65. The van der Waals surface area contributed by atoms with Gasteiger partial charge in [0.25, 0.3) is 0 Å². The van der Waals surface area contributed by atoms with Crippen LogP contribution in [0.3, 0.4) is 0 Å². The van der Waals surface area contributed by atoms with Crippen LogP contribution in [-0.4, -0.2) is 54.6 Å². The van der Waals surface area contributed by atoms with Crippen molar-refractivity contribution in [2.24, 2.45) is 0 Å². The summed E-state index contributed by atoms with van der Waals surface area (Å²) < 4.78 is 0. The minimum absolute atomic E-state index is 0.114. The van der Waals surface area contributed by atoms with Crippen LogP contribution in [0, 0.1) is 0 Å². The molecule has 19 heavy (non-hydrogen) atoms. The van der Waals surface area contributed by atoms with Crippen molar-refractivity contribution in [1.29, 1.82) is 0 Å². The van der Waals surface area contributed by atoms with E-state index in [4.69, 9.17) is 0 Å². The Bertz CT molecular complexity index is 229. The van der Waals surface area contributed by atoms with E-state index in [-0.39, 0.29) is 24.2 Å². The first-order valence-electron chi connectivity index (χ1n) is 7.13. The third-order valence-corrected chi connectivity index (χ3v) is 4.59. The quantitative estimate of drug-likeness (QED) is 0.495. The van der Waals surface area contributed by atoms with E-state index < -0.39 is 13.9 Å². The third kappa shape index (κ3) is 5.25. The summed E-state index contributed by atoms with van der Waals surface area (Å²) in [6.07, 6.45) is 0. The molecule has 0 aromatic carbocycles. The summed E-state index contributed by atoms with van der Waals surface area (Å²) in [5, 5.41) is 0. The van der Waals surface area contributed by atoms with Crippen LogP contribution >= 0.6 is 7.94 Å². The molecule has 0 fully saturated rings. The van der Waals surface area contributed by atoms with Crippen molar-refractivity contribution in [1.82, 2.24) is 9.80 Å². The van der Waals surface area contributed by atoms with Crippen LogP contribution in [0.5, 0.6) is 0 Å². The van der Waals surface area contributed by atoms with Gasteiger partial charge in [0.1, 0.15) is 0 Å². The number of hydrogen-bond acceptors (Lipinski definition) is 5. The average molecular weight is 296 g/mol. The summed E-state index contributed by atoms with van der Waals surface area (Å²) in [4.78, 5) is 33.9. The fourth-order valence-corrected chi connectivity index (χ4v) is 4.87. The predicted octanol–water partition coefficient (Wildman–Crippen LogP) is 1.98. The van der Waals surface area contributed by atoms with Crippen molar-refractivity contribution in [2.45, 2.75) is 85.5 Å². The second kappa shape index (κ2) is 7.30. The molecule has 0 aliphatic rings. The molecule has 0 saturated carbocycles. The molecule has 6 heteroatoms. The fourth-order valence-electron chi connectivity index (χ4n) is 2.88. The van der Waals surface area contributed by atoms with Gasteiger partial charge in [0.15, 0.2) is 0 Å². The molecule has 0 aliphatic heterocycles. The Morgan fingerprint density at radius 3 is 0.895 bits per heavy atom. The molecule has 0 unspecified atom stereocenters. The van der Waals surface area contributed by atoms with Crippen molar-refractivity contribution in [3.8, 4) is 0 Å². The molecule has 0 rings (SSSR count). The Morgan fingerprint density at radius 2 is 0.789 bits per heavy atom. The third-order valence-electron chi connectivity index (χ3n) is 3.30. The molecular weight excluding hydrogens is 263 g/mol. The Hall–Kier alpha value is 0.230. The summed E-state index contributed by atoms with van der Waals surface area (Å²) in [5.41, 5.74) is 0. The van der Waals surface area contributed by atoms with Gasteiger partial charge in [-0.3, -0.25) is 0 Å². The maximum absolute atomic E-state index is 9.98. The van der Waals surface area contributed by atoms with Crippen molar-refractivity contribution in [3.63, 3.8) is 0 Å². The van der Waals surface area contributed by atoms with Crippen LogP contribution < -0.4 is 0 Å². The molecule has 0 atom stereocenters. The van der Waals surface area contributed by atoms with E-state index in [0.717, 1.165) is 0 Å². The first-order valence-corrected chi connectivity index (χ1v) is 9.05. The summed E-state index contributed by atoms with van der Waals surface area (Å²) in [6, 6.07) is 0.457. The van der Waals surface area contributed by atoms with Crippen LogP contribution in [0.25, 0.3) is 0 Å². The SMILES string of the molecule is CC(C)N(C(C)C)C(N(C(C)C)C(C)C)[PH](O)(O)O. The molecule has 0 aliphatic carbocycles. The first kappa shape index (κ1) is 19.2. The number of rotatable bonds is 7. The molecule has 0 bridgehead atoms. The molecule has 0 saturated heterocycles. The van der Waals surface area contributed by atoms with Crippen LogP contribution in [0.1, 0.15) is 55.4 Å². The Labute approximate surface area is 118 Å². The van der Waals surface area contributed by atoms with Gasteiger partial charge in [-0.2, -0.15) is 0 Å². The standard InChI is InChI=1S/C13H33N2O3P/c1-9(2)14(10(3)4)13(19(16,17)18)15(11(5)6)12(7)8/h9-13,16-19H,1-8H3. The fraction of sp³-hybridized carbons (Fsp3) is 1.00. The van der Waals surface area contributed by atoms with Crippen molar-refractivity contribution in [3.05, 3.63) is 0 Å². The molecule has 118 valence electrons. The topological polar surface area (TPSA) is 67.2 Å². The van der Waals surface area contributed by atoms with E-state index in [9.17, 15) is 14.7 Å². The summed E-state index contributed by atoms with van der Waals surface area (Å²) >= 11 is 0. The minimum atomic E-state index is -4.31. The van der Waals surface area contributed by atoms with E-state index in [0.29, 0.717) is 0 Å². The van der Waals surface area contributed by atoms with Crippen molar-refractivity contribution in [2.75, 3.05) is 0 Å². The maximum atomic E-state index is 9.98. The van der Waals surface area contributed by atoms with Gasteiger partial charge in [0.2, 0.25) is 0 Å². The zero-order valence-electron chi connectivity index (χ0n) is 13.6. The van der Waals surface area contributed by atoms with E-state index in [2.05, 4.69) is 0 Å². The van der Waals surface area contributed by atoms with E-state index in [1.54, 1.807) is 0 Å². The molecule has 0 aromatic rings. The van der Waals surface area contributed by atoms with E-state index >= 15 is 0 Å². The van der Waals surface area contributed by atoms with Gasteiger partial charge in [-0.15, -0.1) is 0 Å². The van der Waals surface area contributed by atoms with Gasteiger partial charge in [-0.25, -0.2) is 0 Å². The van der Waals surface area contributed by atoms with Crippen LogP contribution in [0.2, 0.25) is 0 Å². The molecular formula is C13H33N2O3P. The summed E-state index contributed by atoms with van der Waals surface area (Å²) in [6.45, 7) is 16.0. The van der Waals surface area contributed by atoms with Gasteiger partial charge < -0.3 is 0 Å². The molecule has 0 aromatic heterocycles. The average Bonchev–Trinajstić information content (AvgIpc) is 2.12. The van der Waals surface area contributed by atoms with Crippen molar-refractivity contribution < 1.29 is 14.7 Å². The molecule has 0 amide bonds. The monoisotopic (exact) mass is 296 g/mol. The Kier molecular flexibility index (Phi) is 7.39. The second-order valence-corrected chi connectivity index (χ2v) is 8.22. The van der Waals surface area contributed by atoms with Gasteiger partial charge in [-0.1, -0.05) is 0 Å². The van der Waals surface area contributed by atoms with Crippen LogP contribution in [0.15, 0.2) is 0 Å². The van der Waals surface area contributed by atoms with Gasteiger partial charge >= 0.3 is 118 Å². The van der Waals surface area contributed by atoms with Gasteiger partial charge in [0, 0.05) is 0 Å². The zero-order valence-corrected chi connectivity index (χ0v) is 14.6. The molecule has 0 spiro atoms. The van der Waals surface area contributed by atoms with Crippen LogP contribution in [-0.2, 0) is 0 Å². The molecule has 5 nitrogen and oxygen atoms in total. The normalized spacial score (nSPS) is 15.1. The van der Waals surface area contributed by atoms with E-state index in [1.807, 2.05) is 65.2 Å². The van der Waals surface area contributed by atoms with Crippen molar-refractivity contribution >= 4 is 7.94 Å². The molecule has 3 N–H and O–H groups in total. The van der Waals surface area contributed by atoms with Crippen LogP contribution in [0.4, 0.5) is 0 Å². The summed E-state index contributed by atoms with van der Waals surface area (Å²) in [5.74, 6) is -0.729.